The van der Waals surface area contributed by atoms with E-state index in [1.54, 1.807) is 11.3 Å². The van der Waals surface area contributed by atoms with Gasteiger partial charge in [-0.15, -0.1) is 17.9 Å². The number of nitrogens with zero attached hydrogens (tertiary/aromatic N) is 1. The third-order valence-electron chi connectivity index (χ3n) is 5.02. The number of aromatic nitrogens is 1. The van der Waals surface area contributed by atoms with Gasteiger partial charge in [0.05, 0.1) is 15.7 Å². The Morgan fingerprint density at radius 1 is 0.929 bits per heavy atom. The molecule has 138 valence electrons. The van der Waals surface area contributed by atoms with Gasteiger partial charge in [-0.25, -0.2) is 4.98 Å². The monoisotopic (exact) mass is 381 g/mol. The first-order valence-corrected chi connectivity index (χ1v) is 10.5. The summed E-state index contributed by atoms with van der Waals surface area (Å²) in [6.07, 6.45) is 3.80. The van der Waals surface area contributed by atoms with Gasteiger partial charge < -0.3 is 0 Å². The highest BCUT2D eigenvalue weighted by atomic mass is 32.1. The molecule has 1 heterocycles. The summed E-state index contributed by atoms with van der Waals surface area (Å²) in [6.45, 7) is 6.08. The number of thiazole rings is 1. The molecule has 2 heteroatoms. The fraction of sp³-hybridized carbons (Fsp3) is 0.115. The minimum atomic E-state index is 0.892. The first kappa shape index (κ1) is 18.4. The van der Waals surface area contributed by atoms with Gasteiger partial charge in [-0.1, -0.05) is 73.7 Å². The largest absolute Gasteiger partial charge is 0.245 e. The van der Waals surface area contributed by atoms with E-state index in [1.807, 2.05) is 11.6 Å². The van der Waals surface area contributed by atoms with Crippen molar-refractivity contribution in [1.82, 2.24) is 4.98 Å². The number of fused-ring (bicyclic) bond motifs is 1. The molecule has 0 unspecified atom stereocenters. The number of allylic oxidation sites excluding steroid dienone is 2. The third-order valence-corrected chi connectivity index (χ3v) is 5.83. The van der Waals surface area contributed by atoms with Gasteiger partial charge in [0, 0.05) is 0 Å². The molecule has 4 rings (SSSR count). The molecule has 0 spiro atoms. The summed E-state index contributed by atoms with van der Waals surface area (Å²) in [7, 11) is 0. The summed E-state index contributed by atoms with van der Waals surface area (Å²) in [6, 6.07) is 26.2. The molecule has 0 bridgehead atoms. The second kappa shape index (κ2) is 8.37. The molecule has 0 radical (unpaired) electrons. The molecular formula is C26H23NS. The Balaban J connectivity index is 1.94. The smallest absolute Gasteiger partial charge is 0.0818 e. The van der Waals surface area contributed by atoms with Gasteiger partial charge in [-0.2, -0.15) is 0 Å². The van der Waals surface area contributed by atoms with E-state index >= 15 is 0 Å². The molecule has 28 heavy (non-hydrogen) atoms. The minimum Gasteiger partial charge on any atom is -0.245 e. The SMILES string of the molecule is C=CCc1ccc(/C(=C(/CC)c2ccccc2)c2ccc3scnc3c2)cc1. The predicted molar refractivity (Wildman–Crippen MR) is 123 cm³/mol. The second-order valence-corrected chi connectivity index (χ2v) is 7.68. The van der Waals surface area contributed by atoms with Crippen LogP contribution in [0.1, 0.15) is 35.6 Å². The van der Waals surface area contributed by atoms with Crippen molar-refractivity contribution in [2.45, 2.75) is 19.8 Å². The Kier molecular flexibility index (Phi) is 5.50. The van der Waals surface area contributed by atoms with Gasteiger partial charge in [0.2, 0.25) is 0 Å². The molecule has 1 nitrogen and oxygen atoms in total. The van der Waals surface area contributed by atoms with Crippen LogP contribution < -0.4 is 0 Å². The van der Waals surface area contributed by atoms with Crippen LogP contribution in [0.4, 0.5) is 0 Å². The van der Waals surface area contributed by atoms with Crippen molar-refractivity contribution in [1.29, 1.82) is 0 Å². The van der Waals surface area contributed by atoms with Crippen LogP contribution in [0.2, 0.25) is 0 Å². The Hall–Kier alpha value is -2.97. The zero-order chi connectivity index (χ0) is 19.3. The summed E-state index contributed by atoms with van der Waals surface area (Å²) in [5, 5.41) is 0. The van der Waals surface area contributed by atoms with Crippen molar-refractivity contribution in [3.63, 3.8) is 0 Å². The van der Waals surface area contributed by atoms with Gasteiger partial charge in [0.1, 0.15) is 0 Å². The van der Waals surface area contributed by atoms with Crippen LogP contribution in [0.5, 0.6) is 0 Å². The van der Waals surface area contributed by atoms with E-state index < -0.39 is 0 Å². The highest BCUT2D eigenvalue weighted by molar-refractivity contribution is 7.16. The zero-order valence-corrected chi connectivity index (χ0v) is 16.9. The highest BCUT2D eigenvalue weighted by Crippen LogP contribution is 2.36. The minimum absolute atomic E-state index is 0.892. The third kappa shape index (κ3) is 3.69. The Morgan fingerprint density at radius 3 is 2.39 bits per heavy atom. The maximum atomic E-state index is 4.54. The number of hydrogen-bond donors (Lipinski definition) is 0. The molecule has 0 saturated carbocycles. The van der Waals surface area contributed by atoms with Crippen molar-refractivity contribution in [3.8, 4) is 0 Å². The summed E-state index contributed by atoms with van der Waals surface area (Å²) in [5.74, 6) is 0. The van der Waals surface area contributed by atoms with Crippen molar-refractivity contribution < 1.29 is 0 Å². The molecule has 0 fully saturated rings. The Bertz CT molecular complexity index is 1120. The quantitative estimate of drug-likeness (QED) is 0.250. The van der Waals surface area contributed by atoms with Crippen molar-refractivity contribution in [3.05, 3.63) is 113 Å². The van der Waals surface area contributed by atoms with Crippen LogP contribution in [-0.4, -0.2) is 4.98 Å². The lowest BCUT2D eigenvalue weighted by atomic mass is 9.87. The van der Waals surface area contributed by atoms with E-state index in [-0.39, 0.29) is 0 Å². The van der Waals surface area contributed by atoms with Crippen molar-refractivity contribution in [2.75, 3.05) is 0 Å². The number of benzene rings is 3. The number of hydrogen-bond acceptors (Lipinski definition) is 2. The fourth-order valence-corrected chi connectivity index (χ4v) is 4.33. The maximum Gasteiger partial charge on any atom is 0.0818 e. The predicted octanol–water partition coefficient (Wildman–Crippen LogP) is 7.39. The van der Waals surface area contributed by atoms with E-state index in [1.165, 1.54) is 38.1 Å². The molecule has 1 aromatic heterocycles. The molecule has 0 aliphatic carbocycles. The van der Waals surface area contributed by atoms with Crippen LogP contribution in [0.25, 0.3) is 21.4 Å². The summed E-state index contributed by atoms with van der Waals surface area (Å²) in [4.78, 5) is 4.54. The maximum absolute atomic E-state index is 4.54. The lowest BCUT2D eigenvalue weighted by Crippen LogP contribution is -1.95. The average molecular weight is 382 g/mol. The summed E-state index contributed by atoms with van der Waals surface area (Å²) < 4.78 is 1.22. The molecule has 0 N–H and O–H groups in total. The molecule has 0 saturated heterocycles. The average Bonchev–Trinajstić information content (AvgIpc) is 3.21. The summed E-state index contributed by atoms with van der Waals surface area (Å²) in [5.41, 5.74) is 10.6. The Morgan fingerprint density at radius 2 is 1.68 bits per heavy atom. The molecule has 0 atom stereocenters. The van der Waals surface area contributed by atoms with Gasteiger partial charge in [0.15, 0.2) is 0 Å². The summed E-state index contributed by atoms with van der Waals surface area (Å²) >= 11 is 1.68. The van der Waals surface area contributed by atoms with Gasteiger partial charge in [-0.05, 0) is 58.4 Å². The molecule has 3 aromatic carbocycles. The highest BCUT2D eigenvalue weighted by Gasteiger charge is 2.14. The zero-order valence-electron chi connectivity index (χ0n) is 16.1. The van der Waals surface area contributed by atoms with E-state index in [9.17, 15) is 0 Å². The second-order valence-electron chi connectivity index (χ2n) is 6.80. The normalized spacial score (nSPS) is 12.0. The van der Waals surface area contributed by atoms with Crippen LogP contribution in [0.3, 0.4) is 0 Å². The molecule has 4 aromatic rings. The van der Waals surface area contributed by atoms with Crippen LogP contribution in [0.15, 0.2) is 91.0 Å². The van der Waals surface area contributed by atoms with Gasteiger partial charge in [-0.3, -0.25) is 0 Å². The van der Waals surface area contributed by atoms with Crippen molar-refractivity contribution >= 4 is 32.7 Å². The lowest BCUT2D eigenvalue weighted by molar-refractivity contribution is 1.23. The molecule has 0 amide bonds. The standard InChI is InChI=1S/C26H23NS/c1-3-8-19-11-13-21(14-12-19)26(23(4-2)20-9-6-5-7-10-20)22-15-16-25-24(17-22)27-18-28-25/h3,5-7,9-18H,1,4,8H2,2H3/b26-23+. The molecule has 0 aliphatic heterocycles. The van der Waals surface area contributed by atoms with Crippen LogP contribution in [-0.2, 0) is 6.42 Å². The van der Waals surface area contributed by atoms with Crippen LogP contribution >= 0.6 is 11.3 Å². The van der Waals surface area contributed by atoms with Gasteiger partial charge >= 0.3 is 0 Å². The Labute approximate surface area is 170 Å². The van der Waals surface area contributed by atoms with E-state index in [4.69, 9.17) is 0 Å². The topological polar surface area (TPSA) is 12.9 Å². The molecule has 0 aliphatic rings. The first-order chi connectivity index (χ1) is 13.8. The first-order valence-electron chi connectivity index (χ1n) is 9.62. The molecular weight excluding hydrogens is 358 g/mol. The van der Waals surface area contributed by atoms with Crippen LogP contribution in [0, 0.1) is 0 Å². The van der Waals surface area contributed by atoms with Crippen molar-refractivity contribution in [2.24, 2.45) is 0 Å². The van der Waals surface area contributed by atoms with E-state index in [2.05, 4.69) is 91.3 Å². The van der Waals surface area contributed by atoms with Gasteiger partial charge in [0.25, 0.3) is 0 Å². The van der Waals surface area contributed by atoms with E-state index in [0.29, 0.717) is 0 Å². The van der Waals surface area contributed by atoms with E-state index in [0.717, 1.165) is 18.4 Å². The number of rotatable bonds is 6. The fourth-order valence-electron chi connectivity index (χ4n) is 3.67. The lowest BCUT2D eigenvalue weighted by Gasteiger charge is -2.17.